The number of halogens is 3. The van der Waals surface area contributed by atoms with E-state index in [-0.39, 0.29) is 30.4 Å². The zero-order valence-corrected chi connectivity index (χ0v) is 10.8. The highest BCUT2D eigenvalue weighted by molar-refractivity contribution is 5.93. The van der Waals surface area contributed by atoms with Crippen molar-refractivity contribution in [1.82, 2.24) is 0 Å². The number of nitrogens with two attached hydrogens (primary N) is 1. The fourth-order valence-corrected chi connectivity index (χ4v) is 1.22. The number of hydrogen-bond acceptors (Lipinski definition) is 3. The van der Waals surface area contributed by atoms with Gasteiger partial charge in [-0.05, 0) is 0 Å². The molecule has 102 valence electrons. The summed E-state index contributed by atoms with van der Waals surface area (Å²) in [5, 5.41) is 2.37. The van der Waals surface area contributed by atoms with Crippen LogP contribution in [-0.4, -0.2) is 19.6 Å². The van der Waals surface area contributed by atoms with Gasteiger partial charge in [-0.2, -0.15) is 0 Å². The van der Waals surface area contributed by atoms with Gasteiger partial charge in [0.1, 0.15) is 5.82 Å². The Labute approximate surface area is 110 Å². The molecule has 0 radical (unpaired) electrons. The van der Waals surface area contributed by atoms with E-state index >= 15 is 0 Å². The molecule has 3 N–H and O–H groups in total. The number of nitrogens with one attached hydrogen (secondary N) is 1. The summed E-state index contributed by atoms with van der Waals surface area (Å²) in [5.74, 6) is -2.74. The Morgan fingerprint density at radius 1 is 1.50 bits per heavy atom. The summed E-state index contributed by atoms with van der Waals surface area (Å²) in [5.41, 5.74) is 5.27. The van der Waals surface area contributed by atoms with Gasteiger partial charge in [-0.3, -0.25) is 4.79 Å². The predicted molar refractivity (Wildman–Crippen MR) is 67.0 cm³/mol. The number of carbonyl (C=O) groups is 1. The minimum Gasteiger partial charge on any atom is -0.492 e. The Morgan fingerprint density at radius 2 is 2.11 bits per heavy atom. The SMILES string of the molecule is COc1c(F)cc(F)cc1NC(=O)C(C)CN.Cl. The second-order valence-electron chi connectivity index (χ2n) is 3.59. The van der Waals surface area contributed by atoms with E-state index in [0.29, 0.717) is 6.07 Å². The fraction of sp³-hybridized carbons (Fsp3) is 0.364. The molecule has 0 aliphatic rings. The van der Waals surface area contributed by atoms with Gasteiger partial charge < -0.3 is 15.8 Å². The van der Waals surface area contributed by atoms with Gasteiger partial charge in [-0.1, -0.05) is 6.92 Å². The standard InChI is InChI=1S/C11H14F2N2O2.ClH/c1-6(5-14)11(16)15-9-4-7(12)3-8(13)10(9)17-2;/h3-4,6H,5,14H2,1-2H3,(H,15,16);1H. The molecule has 0 saturated carbocycles. The van der Waals surface area contributed by atoms with Gasteiger partial charge in [-0.25, -0.2) is 8.78 Å². The van der Waals surface area contributed by atoms with Crippen LogP contribution in [0.3, 0.4) is 0 Å². The van der Waals surface area contributed by atoms with Crippen molar-refractivity contribution in [3.05, 3.63) is 23.8 Å². The van der Waals surface area contributed by atoms with Crippen molar-refractivity contribution in [3.63, 3.8) is 0 Å². The van der Waals surface area contributed by atoms with E-state index < -0.39 is 23.5 Å². The number of methoxy groups -OCH3 is 1. The lowest BCUT2D eigenvalue weighted by Gasteiger charge is -2.13. The average Bonchev–Trinajstić information content (AvgIpc) is 2.27. The monoisotopic (exact) mass is 280 g/mol. The maximum atomic E-state index is 13.3. The second kappa shape index (κ2) is 7.13. The summed E-state index contributed by atoms with van der Waals surface area (Å²) in [4.78, 5) is 11.5. The molecule has 0 saturated heterocycles. The number of ether oxygens (including phenoxy) is 1. The Hall–Kier alpha value is -1.40. The van der Waals surface area contributed by atoms with Gasteiger partial charge in [-0.15, -0.1) is 12.4 Å². The molecule has 7 heteroatoms. The molecular weight excluding hydrogens is 266 g/mol. The first-order chi connectivity index (χ1) is 7.99. The first kappa shape index (κ1) is 16.6. The molecule has 1 rings (SSSR count). The molecule has 1 unspecified atom stereocenters. The summed E-state index contributed by atoms with van der Waals surface area (Å²) in [6.07, 6.45) is 0. The number of carbonyl (C=O) groups excluding carboxylic acids is 1. The van der Waals surface area contributed by atoms with Crippen LogP contribution in [0.1, 0.15) is 6.92 Å². The van der Waals surface area contributed by atoms with Crippen molar-refractivity contribution >= 4 is 24.0 Å². The third-order valence-electron chi connectivity index (χ3n) is 2.27. The zero-order valence-electron chi connectivity index (χ0n) is 10.00. The van der Waals surface area contributed by atoms with Crippen molar-refractivity contribution in [2.75, 3.05) is 19.0 Å². The van der Waals surface area contributed by atoms with Crippen LogP contribution in [0.25, 0.3) is 0 Å². The number of hydrogen-bond donors (Lipinski definition) is 2. The zero-order chi connectivity index (χ0) is 13.0. The Bertz CT molecular complexity index is 430. The van der Waals surface area contributed by atoms with Gasteiger partial charge in [0, 0.05) is 24.6 Å². The Kier molecular flexibility index (Phi) is 6.57. The highest BCUT2D eigenvalue weighted by atomic mass is 35.5. The molecule has 0 aromatic heterocycles. The highest BCUT2D eigenvalue weighted by Crippen LogP contribution is 2.29. The predicted octanol–water partition coefficient (Wildman–Crippen LogP) is 1.93. The topological polar surface area (TPSA) is 64.3 Å². The molecule has 0 fully saturated rings. The summed E-state index contributed by atoms with van der Waals surface area (Å²) in [6.45, 7) is 1.75. The number of rotatable bonds is 4. The highest BCUT2D eigenvalue weighted by Gasteiger charge is 2.17. The molecule has 0 spiro atoms. The molecule has 0 aliphatic carbocycles. The smallest absolute Gasteiger partial charge is 0.228 e. The molecule has 0 heterocycles. The van der Waals surface area contributed by atoms with Crippen LogP contribution in [0.4, 0.5) is 14.5 Å². The maximum Gasteiger partial charge on any atom is 0.228 e. The van der Waals surface area contributed by atoms with Crippen molar-refractivity contribution in [2.45, 2.75) is 6.92 Å². The quantitative estimate of drug-likeness (QED) is 0.886. The number of amides is 1. The van der Waals surface area contributed by atoms with Gasteiger partial charge in [0.05, 0.1) is 12.8 Å². The Balaban J connectivity index is 0.00000289. The minimum absolute atomic E-state index is 0. The molecule has 1 atom stereocenters. The van der Waals surface area contributed by atoms with E-state index in [4.69, 9.17) is 10.5 Å². The summed E-state index contributed by atoms with van der Waals surface area (Å²) >= 11 is 0. The summed E-state index contributed by atoms with van der Waals surface area (Å²) in [6, 6.07) is 1.67. The van der Waals surface area contributed by atoms with Crippen LogP contribution >= 0.6 is 12.4 Å². The van der Waals surface area contributed by atoms with Crippen molar-refractivity contribution in [3.8, 4) is 5.75 Å². The molecular formula is C11H15ClF2N2O2. The van der Waals surface area contributed by atoms with Crippen LogP contribution in [0.2, 0.25) is 0 Å². The van der Waals surface area contributed by atoms with E-state index in [2.05, 4.69) is 5.32 Å². The van der Waals surface area contributed by atoms with Crippen molar-refractivity contribution in [1.29, 1.82) is 0 Å². The van der Waals surface area contributed by atoms with Gasteiger partial charge in [0.2, 0.25) is 5.91 Å². The van der Waals surface area contributed by atoms with Crippen LogP contribution < -0.4 is 15.8 Å². The largest absolute Gasteiger partial charge is 0.492 e. The third kappa shape index (κ3) is 3.82. The van der Waals surface area contributed by atoms with Crippen LogP contribution in [-0.2, 0) is 4.79 Å². The van der Waals surface area contributed by atoms with Crippen LogP contribution in [0.5, 0.6) is 5.75 Å². The lowest BCUT2D eigenvalue weighted by molar-refractivity contribution is -0.119. The molecule has 1 amide bonds. The van der Waals surface area contributed by atoms with E-state index in [0.717, 1.165) is 6.07 Å². The second-order valence-corrected chi connectivity index (χ2v) is 3.59. The van der Waals surface area contributed by atoms with E-state index in [1.54, 1.807) is 6.92 Å². The Morgan fingerprint density at radius 3 is 2.61 bits per heavy atom. The molecule has 0 bridgehead atoms. The lowest BCUT2D eigenvalue weighted by Crippen LogP contribution is -2.27. The molecule has 0 aliphatic heterocycles. The first-order valence-electron chi connectivity index (χ1n) is 5.03. The number of anilines is 1. The van der Waals surface area contributed by atoms with Crippen LogP contribution in [0, 0.1) is 17.6 Å². The van der Waals surface area contributed by atoms with Gasteiger partial charge in [0.15, 0.2) is 11.6 Å². The van der Waals surface area contributed by atoms with Gasteiger partial charge in [0.25, 0.3) is 0 Å². The fourth-order valence-electron chi connectivity index (χ4n) is 1.22. The van der Waals surface area contributed by atoms with Crippen molar-refractivity contribution < 1.29 is 18.3 Å². The van der Waals surface area contributed by atoms with Crippen LogP contribution in [0.15, 0.2) is 12.1 Å². The molecule has 1 aromatic carbocycles. The van der Waals surface area contributed by atoms with Gasteiger partial charge >= 0.3 is 0 Å². The van der Waals surface area contributed by atoms with E-state index in [1.165, 1.54) is 7.11 Å². The molecule has 18 heavy (non-hydrogen) atoms. The molecule has 4 nitrogen and oxygen atoms in total. The van der Waals surface area contributed by atoms with E-state index in [9.17, 15) is 13.6 Å². The maximum absolute atomic E-state index is 13.3. The average molecular weight is 281 g/mol. The van der Waals surface area contributed by atoms with E-state index in [1.807, 2.05) is 0 Å². The third-order valence-corrected chi connectivity index (χ3v) is 2.27. The lowest BCUT2D eigenvalue weighted by atomic mass is 10.1. The van der Waals surface area contributed by atoms with Crippen molar-refractivity contribution in [2.24, 2.45) is 11.7 Å². The normalized spacial score (nSPS) is 11.4. The number of benzene rings is 1. The molecule has 1 aromatic rings. The summed E-state index contributed by atoms with van der Waals surface area (Å²) in [7, 11) is 1.23. The minimum atomic E-state index is -0.872. The first-order valence-corrected chi connectivity index (χ1v) is 5.03. The summed E-state index contributed by atoms with van der Waals surface area (Å²) < 4.78 is 31.1.